The Bertz CT molecular complexity index is 1500. The van der Waals surface area contributed by atoms with Gasteiger partial charge in [-0.1, -0.05) is 37.3 Å². The number of nitrogens with zero attached hydrogens (tertiary/aromatic N) is 2. The van der Waals surface area contributed by atoms with E-state index in [4.69, 9.17) is 9.47 Å². The molecule has 0 saturated carbocycles. The number of para-hydroxylation sites is 1. The molecule has 1 aliphatic heterocycles. The highest BCUT2D eigenvalue weighted by Gasteiger charge is 2.30. The Labute approximate surface area is 282 Å². The summed E-state index contributed by atoms with van der Waals surface area (Å²) in [6.07, 6.45) is 2.10. The minimum atomic E-state index is -0.960. The van der Waals surface area contributed by atoms with Crippen molar-refractivity contribution in [2.24, 2.45) is 5.92 Å². The van der Waals surface area contributed by atoms with Crippen LogP contribution in [0.2, 0.25) is 0 Å². The van der Waals surface area contributed by atoms with Crippen molar-refractivity contribution in [3.63, 3.8) is 0 Å². The van der Waals surface area contributed by atoms with Crippen molar-refractivity contribution in [1.29, 1.82) is 0 Å². The number of hydrogen-bond donors (Lipinski definition) is 4. The first-order valence-electron chi connectivity index (χ1n) is 16.5. The number of aliphatic hydroxyl groups is 1. The molecule has 258 valence electrons. The molecule has 0 fully saturated rings. The van der Waals surface area contributed by atoms with Crippen molar-refractivity contribution in [2.45, 2.75) is 64.8 Å². The van der Waals surface area contributed by atoms with Gasteiger partial charge in [0, 0.05) is 43.5 Å². The van der Waals surface area contributed by atoms with Crippen LogP contribution < -0.4 is 15.4 Å². The van der Waals surface area contributed by atoms with E-state index in [-0.39, 0.29) is 36.2 Å². The lowest BCUT2D eigenvalue weighted by molar-refractivity contribution is -0.0177. The molecule has 0 bridgehead atoms. The molecule has 0 aliphatic carbocycles. The van der Waals surface area contributed by atoms with E-state index in [2.05, 4.69) is 15.5 Å². The van der Waals surface area contributed by atoms with Crippen LogP contribution in [-0.4, -0.2) is 89.5 Å². The molecule has 0 aromatic heterocycles. The lowest BCUT2D eigenvalue weighted by atomic mass is 10.0. The van der Waals surface area contributed by atoms with Gasteiger partial charge in [0.2, 0.25) is 0 Å². The van der Waals surface area contributed by atoms with Crippen LogP contribution in [0, 0.1) is 5.92 Å². The van der Waals surface area contributed by atoms with Crippen molar-refractivity contribution < 1.29 is 34.1 Å². The number of ether oxygens (including phenoxy) is 2. The van der Waals surface area contributed by atoms with Gasteiger partial charge in [-0.05, 0) is 88.2 Å². The monoisotopic (exact) mass is 660 g/mol. The zero-order valence-corrected chi connectivity index (χ0v) is 28.2. The number of carboxylic acid groups (broad SMARTS) is 1. The molecule has 4 atom stereocenters. The molecule has 3 aromatic carbocycles. The summed E-state index contributed by atoms with van der Waals surface area (Å²) in [5.41, 5.74) is 2.58. The maximum atomic E-state index is 14.3. The van der Waals surface area contributed by atoms with Gasteiger partial charge in [0.05, 0.1) is 36.0 Å². The quantitative estimate of drug-likeness (QED) is 0.221. The average molecular weight is 661 g/mol. The third-order valence-corrected chi connectivity index (χ3v) is 8.49. The van der Waals surface area contributed by atoms with E-state index >= 15 is 0 Å². The van der Waals surface area contributed by atoms with Gasteiger partial charge in [-0.3, -0.25) is 9.69 Å². The number of carbonyl (C=O) groups excluding carboxylic acids is 2. The number of hydrogen-bond acceptors (Lipinski definition) is 7. The molecule has 11 nitrogen and oxygen atoms in total. The molecule has 3 aromatic rings. The summed E-state index contributed by atoms with van der Waals surface area (Å²) in [6, 6.07) is 20.0. The van der Waals surface area contributed by atoms with Gasteiger partial charge in [-0.25, -0.2) is 9.59 Å². The van der Waals surface area contributed by atoms with E-state index in [0.29, 0.717) is 48.9 Å². The molecule has 0 saturated heterocycles. The third-order valence-electron chi connectivity index (χ3n) is 8.49. The highest BCUT2D eigenvalue weighted by molar-refractivity contribution is 6.02. The maximum Gasteiger partial charge on any atom is 0.335 e. The SMILES string of the molecule is C[C@@H]1CN([C@@H](C)CO)C(=O)c2cc(NC(=O)Nc3ccccc3)ccc2O[C@@H](C)CCCCO[C@@H]1CN(C)Cc1ccc(C(=O)O)cc1. The summed E-state index contributed by atoms with van der Waals surface area (Å²) in [5.74, 6) is -0.968. The summed E-state index contributed by atoms with van der Waals surface area (Å²) in [6.45, 7) is 7.63. The Morgan fingerprint density at radius 3 is 2.40 bits per heavy atom. The van der Waals surface area contributed by atoms with E-state index in [1.54, 1.807) is 54.3 Å². The van der Waals surface area contributed by atoms with Gasteiger partial charge >= 0.3 is 12.0 Å². The van der Waals surface area contributed by atoms with Crippen LogP contribution in [0.15, 0.2) is 72.8 Å². The maximum absolute atomic E-state index is 14.3. The number of carbonyl (C=O) groups is 3. The number of amides is 3. The second-order valence-corrected chi connectivity index (χ2v) is 12.7. The Kier molecular flexibility index (Phi) is 13.4. The number of nitrogens with one attached hydrogen (secondary N) is 2. The number of aromatic carboxylic acids is 1. The minimum Gasteiger partial charge on any atom is -0.490 e. The molecule has 48 heavy (non-hydrogen) atoms. The number of aliphatic hydroxyl groups excluding tert-OH is 1. The summed E-state index contributed by atoms with van der Waals surface area (Å²) in [5, 5.41) is 25.1. The number of likely N-dealkylation sites (N-methyl/N-ethyl adjacent to an activating group) is 1. The van der Waals surface area contributed by atoms with Crippen molar-refractivity contribution in [1.82, 2.24) is 9.80 Å². The van der Waals surface area contributed by atoms with Gasteiger partial charge in [0.25, 0.3) is 5.91 Å². The van der Waals surface area contributed by atoms with Crippen LogP contribution >= 0.6 is 0 Å². The molecule has 11 heteroatoms. The summed E-state index contributed by atoms with van der Waals surface area (Å²) < 4.78 is 12.7. The zero-order chi connectivity index (χ0) is 34.6. The average Bonchev–Trinajstić information content (AvgIpc) is 3.06. The topological polar surface area (TPSA) is 141 Å². The number of fused-ring (bicyclic) bond motifs is 1. The smallest absolute Gasteiger partial charge is 0.335 e. The predicted octanol–water partition coefficient (Wildman–Crippen LogP) is 5.96. The van der Waals surface area contributed by atoms with Gasteiger partial charge in [-0.2, -0.15) is 0 Å². The standard InChI is InChI=1S/C37H48N4O7/c1-25-21-41(26(2)24-42)35(43)32-20-31(39-37(46)38-30-11-6-5-7-12-30)17-18-33(32)48-27(3)10-8-9-19-47-34(25)23-40(4)22-28-13-15-29(16-14-28)36(44)45/h5-7,11-18,20,25-27,34,42H,8-10,19,21-24H2,1-4H3,(H,44,45)(H2,38,39,46)/t25-,26+,27+,34-/m1/s1. The van der Waals surface area contributed by atoms with E-state index in [1.807, 2.05) is 51.2 Å². The summed E-state index contributed by atoms with van der Waals surface area (Å²) in [7, 11) is 1.99. The molecule has 1 aliphatic rings. The first kappa shape index (κ1) is 36.4. The molecule has 4 N–H and O–H groups in total. The predicted molar refractivity (Wildman–Crippen MR) is 186 cm³/mol. The second kappa shape index (κ2) is 17.6. The van der Waals surface area contributed by atoms with Crippen LogP contribution in [-0.2, 0) is 11.3 Å². The van der Waals surface area contributed by atoms with Crippen molar-refractivity contribution in [3.05, 3.63) is 89.5 Å². The fraction of sp³-hybridized carbons (Fsp3) is 0.432. The normalized spacial score (nSPS) is 19.8. The van der Waals surface area contributed by atoms with E-state index in [9.17, 15) is 24.6 Å². The second-order valence-electron chi connectivity index (χ2n) is 12.7. The minimum absolute atomic E-state index is 0.107. The molecule has 0 radical (unpaired) electrons. The molecule has 0 spiro atoms. The Morgan fingerprint density at radius 1 is 1.00 bits per heavy atom. The molecular weight excluding hydrogens is 612 g/mol. The summed E-state index contributed by atoms with van der Waals surface area (Å²) >= 11 is 0. The van der Waals surface area contributed by atoms with Gasteiger partial charge < -0.3 is 35.2 Å². The van der Waals surface area contributed by atoms with Crippen molar-refractivity contribution in [2.75, 3.05) is 44.0 Å². The number of rotatable bonds is 9. The lowest BCUT2D eigenvalue weighted by Crippen LogP contribution is -2.47. The van der Waals surface area contributed by atoms with Crippen LogP contribution in [0.5, 0.6) is 5.75 Å². The van der Waals surface area contributed by atoms with E-state index in [1.165, 1.54) is 0 Å². The molecule has 0 unspecified atom stereocenters. The Hall–Kier alpha value is -4.45. The first-order valence-corrected chi connectivity index (χ1v) is 16.5. The van der Waals surface area contributed by atoms with E-state index in [0.717, 1.165) is 24.8 Å². The van der Waals surface area contributed by atoms with Gasteiger partial charge in [-0.15, -0.1) is 0 Å². The first-order chi connectivity index (χ1) is 23.0. The van der Waals surface area contributed by atoms with Crippen molar-refractivity contribution in [3.8, 4) is 5.75 Å². The molecule has 4 rings (SSSR count). The molecule has 3 amide bonds. The third kappa shape index (κ3) is 10.5. The Balaban J connectivity index is 1.57. The lowest BCUT2D eigenvalue weighted by Gasteiger charge is -2.36. The molecule has 1 heterocycles. The number of benzene rings is 3. The number of carboxylic acids is 1. The fourth-order valence-corrected chi connectivity index (χ4v) is 5.71. The van der Waals surface area contributed by atoms with Crippen LogP contribution in [0.25, 0.3) is 0 Å². The van der Waals surface area contributed by atoms with Crippen molar-refractivity contribution >= 4 is 29.3 Å². The Morgan fingerprint density at radius 2 is 1.71 bits per heavy atom. The van der Waals surface area contributed by atoms with Crippen LogP contribution in [0.1, 0.15) is 66.3 Å². The number of anilines is 2. The van der Waals surface area contributed by atoms with E-state index < -0.39 is 18.0 Å². The van der Waals surface area contributed by atoms with Gasteiger partial charge in [0.1, 0.15) is 5.75 Å². The highest BCUT2D eigenvalue weighted by Crippen LogP contribution is 2.29. The number of urea groups is 1. The van der Waals surface area contributed by atoms with Crippen LogP contribution in [0.4, 0.5) is 16.2 Å². The fourth-order valence-electron chi connectivity index (χ4n) is 5.71. The molecular formula is C37H48N4O7. The zero-order valence-electron chi connectivity index (χ0n) is 28.2. The highest BCUT2D eigenvalue weighted by atomic mass is 16.5. The van der Waals surface area contributed by atoms with Crippen LogP contribution in [0.3, 0.4) is 0 Å². The van der Waals surface area contributed by atoms with Gasteiger partial charge in [0.15, 0.2) is 0 Å². The summed E-state index contributed by atoms with van der Waals surface area (Å²) in [4.78, 5) is 42.2. The largest absolute Gasteiger partial charge is 0.490 e.